The van der Waals surface area contributed by atoms with Gasteiger partial charge in [0.2, 0.25) is 0 Å². The van der Waals surface area contributed by atoms with Gasteiger partial charge >= 0.3 is 0 Å². The molecule has 0 aliphatic carbocycles. The standard InChI is InChI=1S/C10H11F2NO3/c1-2-10(14,9(11)12)7-4-3-5-8(6-7)13(15)16/h3-6,9,14H,2H2,1H3. The van der Waals surface area contributed by atoms with Gasteiger partial charge in [-0.05, 0) is 12.0 Å². The maximum Gasteiger partial charge on any atom is 0.270 e. The van der Waals surface area contributed by atoms with Crippen LogP contribution in [-0.2, 0) is 5.60 Å². The first-order valence-corrected chi connectivity index (χ1v) is 4.67. The van der Waals surface area contributed by atoms with E-state index in [1.807, 2.05) is 0 Å². The minimum absolute atomic E-state index is 0.140. The van der Waals surface area contributed by atoms with Crippen molar-refractivity contribution in [1.29, 1.82) is 0 Å². The quantitative estimate of drug-likeness (QED) is 0.639. The Balaban J connectivity index is 3.21. The normalized spacial score (nSPS) is 14.8. The Morgan fingerprint density at radius 2 is 2.19 bits per heavy atom. The van der Waals surface area contributed by atoms with Gasteiger partial charge in [0.15, 0.2) is 0 Å². The number of benzene rings is 1. The van der Waals surface area contributed by atoms with Crippen molar-refractivity contribution in [2.75, 3.05) is 0 Å². The topological polar surface area (TPSA) is 63.4 Å². The maximum absolute atomic E-state index is 12.7. The summed E-state index contributed by atoms with van der Waals surface area (Å²) >= 11 is 0. The summed E-state index contributed by atoms with van der Waals surface area (Å²) < 4.78 is 25.4. The highest BCUT2D eigenvalue weighted by Gasteiger charge is 2.38. The molecule has 1 N–H and O–H groups in total. The van der Waals surface area contributed by atoms with E-state index < -0.39 is 16.9 Å². The lowest BCUT2D eigenvalue weighted by Gasteiger charge is -2.25. The first-order valence-electron chi connectivity index (χ1n) is 4.67. The van der Waals surface area contributed by atoms with E-state index in [0.29, 0.717) is 0 Å². The summed E-state index contributed by atoms with van der Waals surface area (Å²) in [6.45, 7) is 1.39. The van der Waals surface area contributed by atoms with E-state index >= 15 is 0 Å². The third-order valence-electron chi connectivity index (χ3n) is 2.46. The van der Waals surface area contributed by atoms with Gasteiger partial charge in [-0.15, -0.1) is 0 Å². The van der Waals surface area contributed by atoms with Crippen LogP contribution in [0.4, 0.5) is 14.5 Å². The van der Waals surface area contributed by atoms with E-state index in [4.69, 9.17) is 0 Å². The second kappa shape index (κ2) is 4.52. The molecule has 1 rings (SSSR count). The molecule has 0 spiro atoms. The van der Waals surface area contributed by atoms with Gasteiger partial charge in [0, 0.05) is 12.1 Å². The fourth-order valence-corrected chi connectivity index (χ4v) is 1.37. The number of nitrogens with zero attached hydrogens (tertiary/aromatic N) is 1. The molecule has 0 aliphatic heterocycles. The van der Waals surface area contributed by atoms with Crippen LogP contribution in [0.3, 0.4) is 0 Å². The molecule has 0 fully saturated rings. The minimum atomic E-state index is -2.99. The van der Waals surface area contributed by atoms with Gasteiger partial charge in [-0.1, -0.05) is 19.1 Å². The summed E-state index contributed by atoms with van der Waals surface area (Å²) in [6, 6.07) is 4.68. The Bertz CT molecular complexity index is 397. The van der Waals surface area contributed by atoms with Crippen molar-refractivity contribution in [2.24, 2.45) is 0 Å². The Kier molecular flexibility index (Phi) is 3.54. The first-order chi connectivity index (χ1) is 7.41. The molecule has 0 aliphatic rings. The highest BCUT2D eigenvalue weighted by Crippen LogP contribution is 2.33. The van der Waals surface area contributed by atoms with Gasteiger partial charge in [0.1, 0.15) is 5.60 Å². The second-order valence-electron chi connectivity index (χ2n) is 3.39. The molecule has 0 heterocycles. The molecule has 1 unspecified atom stereocenters. The summed E-state index contributed by atoms with van der Waals surface area (Å²) in [7, 11) is 0. The summed E-state index contributed by atoms with van der Waals surface area (Å²) in [5, 5.41) is 20.2. The van der Waals surface area contributed by atoms with Gasteiger partial charge in [-0.3, -0.25) is 10.1 Å². The predicted molar refractivity (Wildman–Crippen MR) is 53.3 cm³/mol. The fraction of sp³-hybridized carbons (Fsp3) is 0.400. The lowest BCUT2D eigenvalue weighted by molar-refractivity contribution is -0.385. The number of rotatable bonds is 4. The first kappa shape index (κ1) is 12.5. The summed E-state index contributed by atoms with van der Waals surface area (Å²) in [5.74, 6) is 0. The number of halogens is 2. The van der Waals surface area contributed by atoms with Crippen molar-refractivity contribution < 1.29 is 18.8 Å². The van der Waals surface area contributed by atoms with Gasteiger partial charge < -0.3 is 5.11 Å². The number of hydrogen-bond acceptors (Lipinski definition) is 3. The molecule has 6 heteroatoms. The molecule has 16 heavy (non-hydrogen) atoms. The van der Waals surface area contributed by atoms with Gasteiger partial charge in [0.25, 0.3) is 12.1 Å². The SMILES string of the molecule is CCC(O)(c1cccc([N+](=O)[O-])c1)C(F)F. The minimum Gasteiger partial charge on any atom is -0.379 e. The van der Waals surface area contributed by atoms with Crippen LogP contribution in [0.2, 0.25) is 0 Å². The molecule has 4 nitrogen and oxygen atoms in total. The van der Waals surface area contributed by atoms with Crippen molar-refractivity contribution in [1.82, 2.24) is 0 Å². The van der Waals surface area contributed by atoms with Crippen LogP contribution in [-0.4, -0.2) is 16.5 Å². The van der Waals surface area contributed by atoms with E-state index in [1.165, 1.54) is 25.1 Å². The smallest absolute Gasteiger partial charge is 0.270 e. The number of non-ortho nitro benzene ring substituents is 1. The van der Waals surface area contributed by atoms with E-state index in [9.17, 15) is 24.0 Å². The zero-order chi connectivity index (χ0) is 12.3. The van der Waals surface area contributed by atoms with Crippen LogP contribution in [0.1, 0.15) is 18.9 Å². The molecular weight excluding hydrogens is 220 g/mol. The van der Waals surface area contributed by atoms with E-state index in [1.54, 1.807) is 0 Å². The van der Waals surface area contributed by atoms with E-state index in [0.717, 1.165) is 6.07 Å². The Labute approximate surface area is 90.7 Å². The molecule has 0 aromatic heterocycles. The average molecular weight is 231 g/mol. The summed E-state index contributed by atoms with van der Waals surface area (Å²) in [4.78, 5) is 9.79. The van der Waals surface area contributed by atoms with Crippen LogP contribution in [0.15, 0.2) is 24.3 Å². The Morgan fingerprint density at radius 3 is 2.62 bits per heavy atom. The molecule has 1 aromatic carbocycles. The number of nitro benzene ring substituents is 1. The van der Waals surface area contributed by atoms with Crippen molar-refractivity contribution >= 4 is 5.69 Å². The molecule has 1 aromatic rings. The van der Waals surface area contributed by atoms with E-state index in [2.05, 4.69) is 0 Å². The molecule has 88 valence electrons. The third kappa shape index (κ3) is 2.16. The lowest BCUT2D eigenvalue weighted by Crippen LogP contribution is -2.33. The largest absolute Gasteiger partial charge is 0.379 e. The van der Waals surface area contributed by atoms with Crippen LogP contribution in [0, 0.1) is 10.1 Å². The molecule has 0 amide bonds. The lowest BCUT2D eigenvalue weighted by atomic mass is 9.91. The van der Waals surface area contributed by atoms with Gasteiger partial charge in [-0.2, -0.15) is 0 Å². The van der Waals surface area contributed by atoms with Crippen LogP contribution in [0.5, 0.6) is 0 Å². The number of hydrogen-bond donors (Lipinski definition) is 1. The zero-order valence-electron chi connectivity index (χ0n) is 8.56. The molecule has 0 radical (unpaired) electrons. The predicted octanol–water partition coefficient (Wildman–Crippen LogP) is 2.46. The molecule has 0 bridgehead atoms. The second-order valence-corrected chi connectivity index (χ2v) is 3.39. The highest BCUT2D eigenvalue weighted by molar-refractivity contribution is 5.37. The van der Waals surface area contributed by atoms with Gasteiger partial charge in [-0.25, -0.2) is 8.78 Å². The van der Waals surface area contributed by atoms with Crippen molar-refractivity contribution in [3.63, 3.8) is 0 Å². The summed E-state index contributed by atoms with van der Waals surface area (Å²) in [5.41, 5.74) is -2.78. The molecule has 0 saturated heterocycles. The van der Waals surface area contributed by atoms with Crippen LogP contribution < -0.4 is 0 Å². The Hall–Kier alpha value is -1.56. The monoisotopic (exact) mass is 231 g/mol. The van der Waals surface area contributed by atoms with Crippen molar-refractivity contribution in [3.05, 3.63) is 39.9 Å². The third-order valence-corrected chi connectivity index (χ3v) is 2.46. The average Bonchev–Trinajstić information content (AvgIpc) is 2.27. The van der Waals surface area contributed by atoms with Crippen molar-refractivity contribution in [2.45, 2.75) is 25.4 Å². The maximum atomic E-state index is 12.7. The molecule has 1 atom stereocenters. The number of alkyl halides is 2. The number of nitro groups is 1. The van der Waals surface area contributed by atoms with Crippen LogP contribution in [0.25, 0.3) is 0 Å². The Morgan fingerprint density at radius 1 is 1.56 bits per heavy atom. The van der Waals surface area contributed by atoms with Gasteiger partial charge in [0.05, 0.1) is 4.92 Å². The zero-order valence-corrected chi connectivity index (χ0v) is 8.56. The molecular formula is C10H11F2NO3. The fourth-order valence-electron chi connectivity index (χ4n) is 1.37. The highest BCUT2D eigenvalue weighted by atomic mass is 19.3. The van der Waals surface area contributed by atoms with E-state index in [-0.39, 0.29) is 17.7 Å². The van der Waals surface area contributed by atoms with Crippen molar-refractivity contribution in [3.8, 4) is 0 Å². The van der Waals surface area contributed by atoms with Crippen LogP contribution >= 0.6 is 0 Å². The number of aliphatic hydroxyl groups is 1. The molecule has 0 saturated carbocycles. The summed E-state index contributed by atoms with van der Waals surface area (Å²) in [6.07, 6.45) is -3.20.